The molecule has 1 aliphatic heterocycles. The van der Waals surface area contributed by atoms with Crippen molar-refractivity contribution in [2.75, 3.05) is 5.32 Å². The molecular formula is C23H18INO4. The number of carbonyl (C=O) groups excluding carboxylic acids is 1. The first-order chi connectivity index (χ1) is 14.0. The van der Waals surface area contributed by atoms with Gasteiger partial charge in [0.05, 0.1) is 11.5 Å². The molecule has 0 aromatic heterocycles. The summed E-state index contributed by atoms with van der Waals surface area (Å²) >= 11 is 2.07. The molecule has 1 saturated heterocycles. The van der Waals surface area contributed by atoms with Crippen LogP contribution in [0.2, 0.25) is 0 Å². The van der Waals surface area contributed by atoms with Crippen LogP contribution < -0.4 is 5.32 Å². The lowest BCUT2D eigenvalue weighted by Crippen LogP contribution is -2.31. The van der Waals surface area contributed by atoms with E-state index in [2.05, 4.69) is 27.9 Å². The molecule has 0 saturated carbocycles. The van der Waals surface area contributed by atoms with Crippen molar-refractivity contribution in [2.24, 2.45) is 0 Å². The Morgan fingerprint density at radius 1 is 0.931 bits per heavy atom. The normalized spacial score (nSPS) is 20.9. The minimum atomic E-state index is -1.05. The van der Waals surface area contributed by atoms with Gasteiger partial charge in [-0.3, -0.25) is 0 Å². The number of cyclic esters (lactones) is 1. The van der Waals surface area contributed by atoms with Crippen LogP contribution in [0, 0.1) is 3.57 Å². The molecule has 1 heterocycles. The SMILES string of the molecule is O=C(O)c1cc(I)ccc1N[C@@H]1C(=O)O[C@@H](c2ccccc2)[C@H]1c1ccccc1. The standard InChI is InChI=1S/C23H18INO4/c24-16-11-12-18(17(13-16)22(26)27)25-20-19(14-7-3-1-4-8-14)21(29-23(20)28)15-9-5-2-6-10-15/h1-13,19-21,25H,(H,26,27)/t19-,20-,21-/m0/s1. The molecule has 0 amide bonds. The first kappa shape index (κ1) is 19.4. The lowest BCUT2D eigenvalue weighted by atomic mass is 9.85. The molecule has 146 valence electrons. The summed E-state index contributed by atoms with van der Waals surface area (Å²) in [6.45, 7) is 0. The summed E-state index contributed by atoms with van der Waals surface area (Å²) < 4.78 is 6.58. The summed E-state index contributed by atoms with van der Waals surface area (Å²) in [5, 5.41) is 12.7. The van der Waals surface area contributed by atoms with Crippen LogP contribution in [0.5, 0.6) is 0 Å². The highest BCUT2D eigenvalue weighted by atomic mass is 127. The largest absolute Gasteiger partial charge is 0.478 e. The summed E-state index contributed by atoms with van der Waals surface area (Å²) in [5.74, 6) is -1.75. The number of benzene rings is 3. The topological polar surface area (TPSA) is 75.6 Å². The number of nitrogens with one attached hydrogen (secondary N) is 1. The van der Waals surface area contributed by atoms with E-state index in [0.29, 0.717) is 5.69 Å². The zero-order chi connectivity index (χ0) is 20.4. The number of carboxylic acids is 1. The third-order valence-electron chi connectivity index (χ3n) is 5.02. The quantitative estimate of drug-likeness (QED) is 0.388. The fraction of sp³-hybridized carbons (Fsp3) is 0.130. The highest BCUT2D eigenvalue weighted by Gasteiger charge is 2.46. The number of rotatable bonds is 5. The summed E-state index contributed by atoms with van der Waals surface area (Å²) in [7, 11) is 0. The third kappa shape index (κ3) is 3.98. The molecule has 1 fully saturated rings. The van der Waals surface area contributed by atoms with Gasteiger partial charge in [0.1, 0.15) is 12.1 Å². The molecule has 4 rings (SSSR count). The molecular weight excluding hydrogens is 481 g/mol. The van der Waals surface area contributed by atoms with E-state index in [9.17, 15) is 14.7 Å². The van der Waals surface area contributed by atoms with Gasteiger partial charge in [-0.05, 0) is 51.9 Å². The smallest absolute Gasteiger partial charge is 0.337 e. The number of halogens is 1. The number of anilines is 1. The van der Waals surface area contributed by atoms with Crippen LogP contribution in [-0.2, 0) is 9.53 Å². The lowest BCUT2D eigenvalue weighted by Gasteiger charge is -2.23. The van der Waals surface area contributed by atoms with Crippen LogP contribution in [0.4, 0.5) is 5.69 Å². The van der Waals surface area contributed by atoms with Crippen molar-refractivity contribution in [1.82, 2.24) is 0 Å². The van der Waals surface area contributed by atoms with E-state index in [0.717, 1.165) is 14.7 Å². The zero-order valence-corrected chi connectivity index (χ0v) is 17.4. The van der Waals surface area contributed by atoms with Gasteiger partial charge in [-0.1, -0.05) is 60.7 Å². The summed E-state index contributed by atoms with van der Waals surface area (Å²) in [6.07, 6.45) is -0.458. The van der Waals surface area contributed by atoms with Gasteiger partial charge in [0.15, 0.2) is 0 Å². The molecule has 0 radical (unpaired) electrons. The maximum Gasteiger partial charge on any atom is 0.337 e. The minimum Gasteiger partial charge on any atom is -0.478 e. The Morgan fingerprint density at radius 2 is 1.55 bits per heavy atom. The Hall–Kier alpha value is -2.87. The summed E-state index contributed by atoms with van der Waals surface area (Å²) in [4.78, 5) is 24.6. The van der Waals surface area contributed by atoms with Gasteiger partial charge in [0, 0.05) is 9.26 Å². The molecule has 3 aromatic rings. The predicted molar refractivity (Wildman–Crippen MR) is 118 cm³/mol. The molecule has 2 N–H and O–H groups in total. The Kier molecular flexibility index (Phi) is 5.53. The van der Waals surface area contributed by atoms with Crippen molar-refractivity contribution < 1.29 is 19.4 Å². The molecule has 0 bridgehead atoms. The summed E-state index contributed by atoms with van der Waals surface area (Å²) in [6, 6.07) is 23.7. The minimum absolute atomic E-state index is 0.125. The zero-order valence-electron chi connectivity index (χ0n) is 15.3. The van der Waals surface area contributed by atoms with Gasteiger partial charge in [-0.2, -0.15) is 0 Å². The molecule has 0 unspecified atom stereocenters. The second-order valence-electron chi connectivity index (χ2n) is 6.82. The molecule has 6 heteroatoms. The van der Waals surface area contributed by atoms with Crippen LogP contribution in [0.15, 0.2) is 78.9 Å². The average molecular weight is 499 g/mol. The van der Waals surface area contributed by atoms with Gasteiger partial charge in [-0.25, -0.2) is 9.59 Å². The van der Waals surface area contributed by atoms with Gasteiger partial charge >= 0.3 is 11.9 Å². The Balaban J connectivity index is 1.76. The van der Waals surface area contributed by atoms with Gasteiger partial charge in [-0.15, -0.1) is 0 Å². The fourth-order valence-electron chi connectivity index (χ4n) is 3.69. The van der Waals surface area contributed by atoms with E-state index in [4.69, 9.17) is 4.74 Å². The van der Waals surface area contributed by atoms with Crippen molar-refractivity contribution in [3.05, 3.63) is 99.1 Å². The number of hydrogen-bond donors (Lipinski definition) is 2. The first-order valence-corrected chi connectivity index (χ1v) is 10.2. The van der Waals surface area contributed by atoms with Crippen molar-refractivity contribution in [1.29, 1.82) is 0 Å². The molecule has 0 aliphatic carbocycles. The van der Waals surface area contributed by atoms with Gasteiger partial charge < -0.3 is 15.2 Å². The molecule has 0 spiro atoms. The van der Waals surface area contributed by atoms with Crippen molar-refractivity contribution in [3.8, 4) is 0 Å². The molecule has 3 atom stereocenters. The molecule has 5 nitrogen and oxygen atoms in total. The Bertz CT molecular complexity index is 1040. The summed E-state index contributed by atoms with van der Waals surface area (Å²) in [5.41, 5.74) is 2.38. The van der Waals surface area contributed by atoms with Gasteiger partial charge in [0.25, 0.3) is 0 Å². The first-order valence-electron chi connectivity index (χ1n) is 9.14. The van der Waals surface area contributed by atoms with E-state index in [1.165, 1.54) is 0 Å². The van der Waals surface area contributed by atoms with E-state index >= 15 is 0 Å². The monoisotopic (exact) mass is 499 g/mol. The van der Waals surface area contributed by atoms with E-state index in [-0.39, 0.29) is 11.5 Å². The number of esters is 1. The van der Waals surface area contributed by atoms with Crippen molar-refractivity contribution in [2.45, 2.75) is 18.1 Å². The molecule has 29 heavy (non-hydrogen) atoms. The number of carboxylic acid groups (broad SMARTS) is 1. The maximum atomic E-state index is 12.9. The number of ether oxygens (including phenoxy) is 1. The Labute approximate surface area is 181 Å². The highest BCUT2D eigenvalue weighted by molar-refractivity contribution is 14.1. The van der Waals surface area contributed by atoms with E-state index in [1.807, 2.05) is 66.7 Å². The average Bonchev–Trinajstić information content (AvgIpc) is 3.06. The number of hydrogen-bond acceptors (Lipinski definition) is 4. The molecule has 3 aromatic carbocycles. The van der Waals surface area contributed by atoms with Crippen LogP contribution in [0.1, 0.15) is 33.5 Å². The lowest BCUT2D eigenvalue weighted by molar-refractivity contribution is -0.142. The number of aromatic carboxylic acids is 1. The second kappa shape index (κ2) is 8.24. The fourth-order valence-corrected chi connectivity index (χ4v) is 4.18. The van der Waals surface area contributed by atoms with Crippen LogP contribution in [0.25, 0.3) is 0 Å². The van der Waals surface area contributed by atoms with Crippen LogP contribution in [-0.4, -0.2) is 23.1 Å². The maximum absolute atomic E-state index is 12.9. The second-order valence-corrected chi connectivity index (χ2v) is 8.07. The van der Waals surface area contributed by atoms with Crippen molar-refractivity contribution >= 4 is 40.2 Å². The van der Waals surface area contributed by atoms with Gasteiger partial charge in [0.2, 0.25) is 0 Å². The van der Waals surface area contributed by atoms with Crippen LogP contribution >= 0.6 is 22.6 Å². The third-order valence-corrected chi connectivity index (χ3v) is 5.69. The molecule has 1 aliphatic rings. The van der Waals surface area contributed by atoms with E-state index < -0.39 is 24.1 Å². The Morgan fingerprint density at radius 3 is 2.17 bits per heavy atom. The highest BCUT2D eigenvalue weighted by Crippen LogP contribution is 2.43. The van der Waals surface area contributed by atoms with Crippen LogP contribution in [0.3, 0.4) is 0 Å². The predicted octanol–water partition coefficient (Wildman–Crippen LogP) is 4.85. The number of carbonyl (C=O) groups is 2. The van der Waals surface area contributed by atoms with Crippen molar-refractivity contribution in [3.63, 3.8) is 0 Å². The van der Waals surface area contributed by atoms with E-state index in [1.54, 1.807) is 12.1 Å².